The molecule has 0 atom stereocenters. The van der Waals surface area contributed by atoms with Crippen molar-refractivity contribution in [3.8, 4) is 11.1 Å². The van der Waals surface area contributed by atoms with E-state index in [0.29, 0.717) is 11.1 Å². The lowest BCUT2D eigenvalue weighted by Gasteiger charge is -2.05. The zero-order chi connectivity index (χ0) is 13.2. The minimum Gasteiger partial charge on any atom is -0.224 e. The molecule has 0 amide bonds. The number of hydrogen-bond donors (Lipinski definition) is 0. The van der Waals surface area contributed by atoms with Crippen molar-refractivity contribution in [1.29, 1.82) is 0 Å². The van der Waals surface area contributed by atoms with E-state index in [2.05, 4.69) is 0 Å². The van der Waals surface area contributed by atoms with Gasteiger partial charge in [-0.1, -0.05) is 37.3 Å². The fourth-order valence-corrected chi connectivity index (χ4v) is 2.59. The van der Waals surface area contributed by atoms with Crippen LogP contribution in [0.1, 0.15) is 6.92 Å². The Hall–Kier alpha value is -1.68. The molecule has 0 aliphatic carbocycles. The summed E-state index contributed by atoms with van der Waals surface area (Å²) >= 11 is 0. The number of rotatable bonds is 3. The summed E-state index contributed by atoms with van der Waals surface area (Å²) in [6.45, 7) is 1.60. The summed E-state index contributed by atoms with van der Waals surface area (Å²) in [5, 5.41) is 0. The first-order chi connectivity index (χ1) is 8.54. The normalized spacial score (nSPS) is 11.4. The Morgan fingerprint density at radius 2 is 1.61 bits per heavy atom. The summed E-state index contributed by atoms with van der Waals surface area (Å²) in [5.41, 5.74) is 1.14. The van der Waals surface area contributed by atoms with Crippen molar-refractivity contribution in [2.24, 2.45) is 0 Å². The van der Waals surface area contributed by atoms with E-state index >= 15 is 0 Å². The highest BCUT2D eigenvalue weighted by molar-refractivity contribution is 7.91. The third-order valence-corrected chi connectivity index (χ3v) is 4.53. The van der Waals surface area contributed by atoms with Gasteiger partial charge in [0, 0.05) is 5.56 Å². The number of benzene rings is 2. The highest BCUT2D eigenvalue weighted by atomic mass is 32.2. The van der Waals surface area contributed by atoms with Crippen LogP contribution in [0.3, 0.4) is 0 Å². The molecule has 18 heavy (non-hydrogen) atoms. The van der Waals surface area contributed by atoms with E-state index in [-0.39, 0.29) is 16.5 Å². The highest BCUT2D eigenvalue weighted by Gasteiger charge is 2.11. The summed E-state index contributed by atoms with van der Waals surface area (Å²) in [5.74, 6) is -0.255. The van der Waals surface area contributed by atoms with E-state index < -0.39 is 9.84 Å². The van der Waals surface area contributed by atoms with Gasteiger partial charge in [0.05, 0.1) is 10.6 Å². The monoisotopic (exact) mass is 264 g/mol. The summed E-state index contributed by atoms with van der Waals surface area (Å²) in [6.07, 6.45) is 0. The lowest BCUT2D eigenvalue weighted by Crippen LogP contribution is -2.03. The first-order valence-electron chi connectivity index (χ1n) is 5.62. The molecule has 2 rings (SSSR count). The van der Waals surface area contributed by atoms with Crippen LogP contribution in [-0.2, 0) is 9.84 Å². The van der Waals surface area contributed by atoms with Crippen LogP contribution in [0.4, 0.5) is 4.39 Å². The van der Waals surface area contributed by atoms with Crippen LogP contribution in [0.25, 0.3) is 11.1 Å². The van der Waals surface area contributed by atoms with Crippen LogP contribution >= 0.6 is 0 Å². The molecular formula is C14H13FO2S. The summed E-state index contributed by atoms with van der Waals surface area (Å²) in [6, 6.07) is 12.7. The molecule has 0 aliphatic rings. The van der Waals surface area contributed by atoms with Gasteiger partial charge in [0.15, 0.2) is 9.84 Å². The van der Waals surface area contributed by atoms with Crippen molar-refractivity contribution in [2.45, 2.75) is 11.8 Å². The van der Waals surface area contributed by atoms with Gasteiger partial charge < -0.3 is 0 Å². The molecular weight excluding hydrogens is 251 g/mol. The Kier molecular flexibility index (Phi) is 3.48. The summed E-state index contributed by atoms with van der Waals surface area (Å²) in [4.78, 5) is 0.269. The summed E-state index contributed by atoms with van der Waals surface area (Å²) in [7, 11) is -3.20. The SMILES string of the molecule is CCS(=O)(=O)c1ccc(-c2ccccc2F)cc1. The van der Waals surface area contributed by atoms with Gasteiger partial charge in [-0.3, -0.25) is 0 Å². The van der Waals surface area contributed by atoms with Crippen LogP contribution in [0.15, 0.2) is 53.4 Å². The maximum absolute atomic E-state index is 13.6. The number of sulfone groups is 1. The van der Waals surface area contributed by atoms with E-state index in [1.165, 1.54) is 18.2 Å². The zero-order valence-electron chi connectivity index (χ0n) is 9.93. The van der Waals surface area contributed by atoms with Crippen molar-refractivity contribution in [2.75, 3.05) is 5.75 Å². The van der Waals surface area contributed by atoms with Crippen LogP contribution in [0, 0.1) is 5.82 Å². The van der Waals surface area contributed by atoms with Gasteiger partial charge in [-0.05, 0) is 23.8 Å². The molecule has 2 aromatic rings. The molecule has 0 unspecified atom stereocenters. The van der Waals surface area contributed by atoms with Crippen LogP contribution in [0.2, 0.25) is 0 Å². The van der Waals surface area contributed by atoms with Crippen molar-refractivity contribution in [3.63, 3.8) is 0 Å². The molecule has 0 aromatic heterocycles. The molecule has 4 heteroatoms. The molecule has 94 valence electrons. The Labute approximate surface area is 106 Å². The van der Waals surface area contributed by atoms with Gasteiger partial charge >= 0.3 is 0 Å². The van der Waals surface area contributed by atoms with Crippen molar-refractivity contribution in [3.05, 3.63) is 54.3 Å². The van der Waals surface area contributed by atoms with Gasteiger partial charge in [0.25, 0.3) is 0 Å². The topological polar surface area (TPSA) is 34.1 Å². The molecule has 0 fully saturated rings. The molecule has 2 nitrogen and oxygen atoms in total. The quantitative estimate of drug-likeness (QED) is 0.852. The van der Waals surface area contributed by atoms with Crippen LogP contribution in [0.5, 0.6) is 0 Å². The van der Waals surface area contributed by atoms with Gasteiger partial charge in [0.2, 0.25) is 0 Å². The van der Waals surface area contributed by atoms with E-state index in [4.69, 9.17) is 0 Å². The lowest BCUT2D eigenvalue weighted by atomic mass is 10.1. The van der Waals surface area contributed by atoms with Crippen molar-refractivity contribution in [1.82, 2.24) is 0 Å². The predicted molar refractivity (Wildman–Crippen MR) is 69.6 cm³/mol. The molecule has 2 aromatic carbocycles. The second-order valence-electron chi connectivity index (χ2n) is 3.91. The van der Waals surface area contributed by atoms with Crippen molar-refractivity contribution >= 4 is 9.84 Å². The molecule has 0 saturated carbocycles. The standard InChI is InChI=1S/C14H13FO2S/c1-2-18(16,17)12-9-7-11(8-10-12)13-5-3-4-6-14(13)15/h3-10H,2H2,1H3. The fourth-order valence-electron chi connectivity index (χ4n) is 1.70. The molecule has 0 bridgehead atoms. The fraction of sp³-hybridized carbons (Fsp3) is 0.143. The average molecular weight is 264 g/mol. The van der Waals surface area contributed by atoms with Crippen LogP contribution in [-0.4, -0.2) is 14.2 Å². The Morgan fingerprint density at radius 3 is 2.17 bits per heavy atom. The third kappa shape index (κ3) is 2.43. The molecule has 0 N–H and O–H groups in total. The first kappa shape index (κ1) is 12.8. The van der Waals surface area contributed by atoms with E-state index in [1.807, 2.05) is 0 Å². The number of hydrogen-bond acceptors (Lipinski definition) is 2. The molecule has 0 spiro atoms. The van der Waals surface area contributed by atoms with E-state index in [1.54, 1.807) is 37.3 Å². The maximum Gasteiger partial charge on any atom is 0.178 e. The summed E-state index contributed by atoms with van der Waals surface area (Å²) < 4.78 is 36.8. The van der Waals surface area contributed by atoms with Gasteiger partial charge in [-0.25, -0.2) is 12.8 Å². The smallest absolute Gasteiger partial charge is 0.178 e. The molecule has 0 saturated heterocycles. The number of halogens is 1. The molecule has 0 heterocycles. The maximum atomic E-state index is 13.6. The highest BCUT2D eigenvalue weighted by Crippen LogP contribution is 2.24. The predicted octanol–water partition coefficient (Wildman–Crippen LogP) is 3.29. The lowest BCUT2D eigenvalue weighted by molar-refractivity contribution is 0.597. The van der Waals surface area contributed by atoms with Gasteiger partial charge in [0.1, 0.15) is 5.82 Å². The first-order valence-corrected chi connectivity index (χ1v) is 7.27. The second kappa shape index (κ2) is 4.90. The average Bonchev–Trinajstić information content (AvgIpc) is 2.39. The van der Waals surface area contributed by atoms with E-state index in [9.17, 15) is 12.8 Å². The third-order valence-electron chi connectivity index (χ3n) is 2.78. The van der Waals surface area contributed by atoms with Crippen LogP contribution < -0.4 is 0 Å². The van der Waals surface area contributed by atoms with E-state index in [0.717, 1.165) is 0 Å². The molecule has 0 radical (unpaired) electrons. The second-order valence-corrected chi connectivity index (χ2v) is 6.19. The van der Waals surface area contributed by atoms with Crippen molar-refractivity contribution < 1.29 is 12.8 Å². The Morgan fingerprint density at radius 1 is 1.00 bits per heavy atom. The molecule has 0 aliphatic heterocycles. The zero-order valence-corrected chi connectivity index (χ0v) is 10.7. The van der Waals surface area contributed by atoms with Gasteiger partial charge in [-0.15, -0.1) is 0 Å². The minimum atomic E-state index is -3.20. The minimum absolute atomic E-state index is 0.0616. The Bertz CT molecular complexity index is 646. The Balaban J connectivity index is 2.43. The largest absolute Gasteiger partial charge is 0.224 e. The van der Waals surface area contributed by atoms with Gasteiger partial charge in [-0.2, -0.15) is 0 Å².